The summed E-state index contributed by atoms with van der Waals surface area (Å²) >= 11 is 0. The number of hydrogen-bond acceptors (Lipinski definition) is 2. The molecule has 0 aromatic heterocycles. The second-order valence-electron chi connectivity index (χ2n) is 4.24. The molecule has 2 N–H and O–H groups in total. The quantitative estimate of drug-likeness (QED) is 0.760. The maximum atomic E-state index is 12.1. The Hall–Kier alpha value is -1.84. The van der Waals surface area contributed by atoms with Gasteiger partial charge in [-0.1, -0.05) is 18.2 Å². The number of anilines is 1. The van der Waals surface area contributed by atoms with E-state index in [4.69, 9.17) is 5.73 Å². The third kappa shape index (κ3) is 1.46. The number of primary amides is 1. The summed E-state index contributed by atoms with van der Waals surface area (Å²) in [7, 11) is 0. The fourth-order valence-electron chi connectivity index (χ4n) is 1.92. The molecular weight excluding hydrogens is 204 g/mol. The van der Waals surface area contributed by atoms with Crippen molar-refractivity contribution in [3.63, 3.8) is 0 Å². The zero-order chi connectivity index (χ0) is 11.8. The van der Waals surface area contributed by atoms with Gasteiger partial charge in [0, 0.05) is 13.7 Å². The van der Waals surface area contributed by atoms with Gasteiger partial charge >= 0.3 is 0 Å². The number of nitrogens with zero attached hydrogens (tertiary/aromatic N) is 1. The number of para-hydroxylation sites is 1. The molecule has 16 heavy (non-hydrogen) atoms. The number of benzene rings is 1. The molecule has 2 rings (SSSR count). The standard InChI is InChI=1S/C12H14N2O2.H2/c1-12(10(13)15)7-8-14(11(12)16)9-5-3-2-4-6-9;/h2-6H,7-8H2,1H3,(H2,13,15);1H. The zero-order valence-electron chi connectivity index (χ0n) is 9.14. The smallest absolute Gasteiger partial charge is 0.242 e. The average Bonchev–Trinajstić information content (AvgIpc) is 2.59. The number of nitrogens with two attached hydrogens (primary N) is 1. The van der Waals surface area contributed by atoms with Crippen LogP contribution in [0.15, 0.2) is 30.3 Å². The lowest BCUT2D eigenvalue weighted by atomic mass is 9.88. The van der Waals surface area contributed by atoms with Crippen LogP contribution in [0.1, 0.15) is 14.8 Å². The van der Waals surface area contributed by atoms with Crippen LogP contribution in [0.5, 0.6) is 0 Å². The molecule has 2 amide bonds. The molecule has 86 valence electrons. The summed E-state index contributed by atoms with van der Waals surface area (Å²) in [6.45, 7) is 2.16. The van der Waals surface area contributed by atoms with E-state index < -0.39 is 11.3 Å². The highest BCUT2D eigenvalue weighted by molar-refractivity contribution is 6.12. The predicted octanol–water partition coefficient (Wildman–Crippen LogP) is 1.16. The van der Waals surface area contributed by atoms with Crippen LogP contribution >= 0.6 is 0 Å². The summed E-state index contributed by atoms with van der Waals surface area (Å²) in [5, 5.41) is 0. The Morgan fingerprint density at radius 3 is 2.56 bits per heavy atom. The van der Waals surface area contributed by atoms with Gasteiger partial charge in [0.2, 0.25) is 11.8 Å². The van der Waals surface area contributed by atoms with Crippen molar-refractivity contribution in [2.24, 2.45) is 11.1 Å². The van der Waals surface area contributed by atoms with Crippen molar-refractivity contribution >= 4 is 17.5 Å². The van der Waals surface area contributed by atoms with E-state index in [1.54, 1.807) is 11.8 Å². The molecule has 4 nitrogen and oxygen atoms in total. The summed E-state index contributed by atoms with van der Waals surface area (Å²) in [5.74, 6) is -0.748. The molecule has 0 aliphatic carbocycles. The Kier molecular flexibility index (Phi) is 2.42. The van der Waals surface area contributed by atoms with Gasteiger partial charge in [-0.05, 0) is 25.5 Å². The maximum Gasteiger partial charge on any atom is 0.242 e. The molecule has 1 atom stereocenters. The third-order valence-corrected chi connectivity index (χ3v) is 3.16. The zero-order valence-corrected chi connectivity index (χ0v) is 9.14. The Morgan fingerprint density at radius 1 is 1.44 bits per heavy atom. The second kappa shape index (κ2) is 3.63. The molecule has 1 aliphatic heterocycles. The first-order valence-corrected chi connectivity index (χ1v) is 5.22. The minimum atomic E-state index is -1.05. The van der Waals surface area contributed by atoms with Gasteiger partial charge in [-0.2, -0.15) is 0 Å². The average molecular weight is 220 g/mol. The molecule has 1 aromatic rings. The molecular formula is C12H16N2O2. The maximum absolute atomic E-state index is 12.1. The van der Waals surface area contributed by atoms with E-state index in [1.165, 1.54) is 0 Å². The minimum Gasteiger partial charge on any atom is -0.369 e. The van der Waals surface area contributed by atoms with E-state index in [9.17, 15) is 9.59 Å². The molecule has 0 saturated carbocycles. The van der Waals surface area contributed by atoms with Crippen LogP contribution in [0, 0.1) is 5.41 Å². The van der Waals surface area contributed by atoms with E-state index in [2.05, 4.69) is 0 Å². The number of carbonyl (C=O) groups excluding carboxylic acids is 2. The number of rotatable bonds is 2. The van der Waals surface area contributed by atoms with Gasteiger partial charge in [0.15, 0.2) is 0 Å². The van der Waals surface area contributed by atoms with Crippen molar-refractivity contribution in [1.82, 2.24) is 0 Å². The van der Waals surface area contributed by atoms with Gasteiger partial charge in [0.05, 0.1) is 0 Å². The van der Waals surface area contributed by atoms with Gasteiger partial charge in [0.1, 0.15) is 5.41 Å². The lowest BCUT2D eigenvalue weighted by Gasteiger charge is -2.20. The van der Waals surface area contributed by atoms with E-state index in [1.807, 2.05) is 30.3 Å². The summed E-state index contributed by atoms with van der Waals surface area (Å²) in [6, 6.07) is 9.32. The van der Waals surface area contributed by atoms with Crippen LogP contribution in [0.4, 0.5) is 5.69 Å². The first kappa shape index (κ1) is 10.7. The largest absolute Gasteiger partial charge is 0.369 e. The Labute approximate surface area is 95.5 Å². The second-order valence-corrected chi connectivity index (χ2v) is 4.24. The van der Waals surface area contributed by atoms with Gasteiger partial charge in [-0.3, -0.25) is 9.59 Å². The third-order valence-electron chi connectivity index (χ3n) is 3.16. The lowest BCUT2D eigenvalue weighted by Crippen LogP contribution is -2.42. The van der Waals surface area contributed by atoms with Crippen molar-refractivity contribution < 1.29 is 11.0 Å². The van der Waals surface area contributed by atoms with E-state index >= 15 is 0 Å². The minimum absolute atomic E-state index is 0. The van der Waals surface area contributed by atoms with E-state index in [0.29, 0.717) is 13.0 Å². The number of amides is 2. The molecule has 1 aromatic carbocycles. The first-order chi connectivity index (χ1) is 7.55. The molecule has 4 heteroatoms. The Balaban J connectivity index is 0.00000144. The Bertz CT molecular complexity index is 435. The Morgan fingerprint density at radius 2 is 2.06 bits per heavy atom. The highest BCUT2D eigenvalue weighted by atomic mass is 16.2. The van der Waals surface area contributed by atoms with Crippen LogP contribution in [0.3, 0.4) is 0 Å². The van der Waals surface area contributed by atoms with Crippen molar-refractivity contribution in [2.45, 2.75) is 13.3 Å². The van der Waals surface area contributed by atoms with E-state index in [-0.39, 0.29) is 7.33 Å². The van der Waals surface area contributed by atoms with Crippen LogP contribution in [0.25, 0.3) is 0 Å². The monoisotopic (exact) mass is 220 g/mol. The van der Waals surface area contributed by atoms with Crippen LogP contribution in [-0.4, -0.2) is 18.4 Å². The van der Waals surface area contributed by atoms with Crippen molar-refractivity contribution in [1.29, 1.82) is 0 Å². The summed E-state index contributed by atoms with van der Waals surface area (Å²) in [4.78, 5) is 25.0. The van der Waals surface area contributed by atoms with Crippen LogP contribution in [-0.2, 0) is 9.59 Å². The molecule has 1 saturated heterocycles. The van der Waals surface area contributed by atoms with Crippen LogP contribution in [0.2, 0.25) is 0 Å². The van der Waals surface area contributed by atoms with Gasteiger partial charge in [0.25, 0.3) is 0 Å². The highest BCUT2D eigenvalue weighted by Crippen LogP contribution is 2.34. The lowest BCUT2D eigenvalue weighted by molar-refractivity contribution is -0.136. The topological polar surface area (TPSA) is 63.4 Å². The number of carbonyl (C=O) groups is 2. The van der Waals surface area contributed by atoms with Crippen molar-refractivity contribution in [3.05, 3.63) is 30.3 Å². The van der Waals surface area contributed by atoms with E-state index in [0.717, 1.165) is 5.69 Å². The normalized spacial score (nSPS) is 24.8. The van der Waals surface area contributed by atoms with Gasteiger partial charge < -0.3 is 10.6 Å². The summed E-state index contributed by atoms with van der Waals surface area (Å²) in [5.41, 5.74) is 5.05. The summed E-state index contributed by atoms with van der Waals surface area (Å²) < 4.78 is 0. The molecule has 1 aliphatic rings. The van der Waals surface area contributed by atoms with Gasteiger partial charge in [-0.15, -0.1) is 0 Å². The summed E-state index contributed by atoms with van der Waals surface area (Å²) in [6.07, 6.45) is 0.482. The molecule has 0 spiro atoms. The SMILES string of the molecule is CC1(C(N)=O)CCN(c2ccccc2)C1=O.[HH]. The predicted molar refractivity (Wildman–Crippen MR) is 62.8 cm³/mol. The van der Waals surface area contributed by atoms with Gasteiger partial charge in [-0.25, -0.2) is 0 Å². The first-order valence-electron chi connectivity index (χ1n) is 5.22. The highest BCUT2D eigenvalue weighted by Gasteiger charge is 2.47. The molecule has 1 fully saturated rings. The molecule has 1 unspecified atom stereocenters. The number of hydrogen-bond donors (Lipinski definition) is 1. The fourth-order valence-corrected chi connectivity index (χ4v) is 1.92. The van der Waals surface area contributed by atoms with Crippen molar-refractivity contribution in [3.8, 4) is 0 Å². The fraction of sp³-hybridized carbons (Fsp3) is 0.333. The molecule has 0 bridgehead atoms. The van der Waals surface area contributed by atoms with Crippen molar-refractivity contribution in [2.75, 3.05) is 11.4 Å². The van der Waals surface area contributed by atoms with Crippen LogP contribution < -0.4 is 10.6 Å². The molecule has 0 radical (unpaired) electrons. The molecule has 1 heterocycles.